The number of hydrogen-bond acceptors (Lipinski definition) is 1. The Bertz CT molecular complexity index is 346. The summed E-state index contributed by atoms with van der Waals surface area (Å²) in [4.78, 5) is 0. The molecule has 0 radical (unpaired) electrons. The topological polar surface area (TPSA) is 23.8 Å². The zero-order valence-corrected chi connectivity index (χ0v) is 10.4. The molecule has 0 aromatic heterocycles. The third-order valence-electron chi connectivity index (χ3n) is 1.43. The smallest absolute Gasteiger partial charge is 0.102 e. The molecule has 4 heteroatoms. The molecule has 62 valence electrons. The van der Waals surface area contributed by atoms with Crippen molar-refractivity contribution in [1.82, 2.24) is 0 Å². The van der Waals surface area contributed by atoms with E-state index >= 15 is 0 Å². The van der Waals surface area contributed by atoms with Crippen molar-refractivity contribution in [3.63, 3.8) is 0 Å². The molecule has 1 aromatic carbocycles. The van der Waals surface area contributed by atoms with E-state index in [4.69, 9.17) is 16.9 Å². The molecule has 0 atom stereocenters. The van der Waals surface area contributed by atoms with E-state index in [0.29, 0.717) is 15.9 Å². The summed E-state index contributed by atoms with van der Waals surface area (Å²) in [7, 11) is 0. The Balaban J connectivity index is 3.36. The van der Waals surface area contributed by atoms with Crippen LogP contribution in [-0.4, -0.2) is 0 Å². The van der Waals surface area contributed by atoms with Gasteiger partial charge in [-0.3, -0.25) is 0 Å². The summed E-state index contributed by atoms with van der Waals surface area (Å²) in [6.07, 6.45) is 0. The van der Waals surface area contributed by atoms with Gasteiger partial charge in [0.25, 0.3) is 0 Å². The predicted molar refractivity (Wildman–Crippen MR) is 61.5 cm³/mol. The van der Waals surface area contributed by atoms with Crippen LogP contribution in [-0.2, 0) is 5.33 Å². The largest absolute Gasteiger partial charge is 0.192 e. The summed E-state index contributed by atoms with van der Waals surface area (Å²) < 4.78 is 0.893. The van der Waals surface area contributed by atoms with E-state index in [2.05, 4.69) is 44.6 Å². The zero-order valence-electron chi connectivity index (χ0n) is 5.94. The van der Waals surface area contributed by atoms with Gasteiger partial charge in [0.2, 0.25) is 0 Å². The number of benzene rings is 1. The quantitative estimate of drug-likeness (QED) is 0.556. The van der Waals surface area contributed by atoms with Crippen LogP contribution in [0.2, 0.25) is 5.02 Å². The van der Waals surface area contributed by atoms with E-state index in [1.54, 1.807) is 0 Å². The van der Waals surface area contributed by atoms with E-state index < -0.39 is 0 Å². The molecule has 0 amide bonds. The molecule has 0 fully saturated rings. The van der Waals surface area contributed by atoms with Crippen LogP contribution in [0, 0.1) is 14.9 Å². The van der Waals surface area contributed by atoms with Crippen LogP contribution in [0.15, 0.2) is 12.1 Å². The first-order valence-electron chi connectivity index (χ1n) is 3.13. The second kappa shape index (κ2) is 4.45. The highest BCUT2D eigenvalue weighted by molar-refractivity contribution is 14.1. The van der Waals surface area contributed by atoms with Gasteiger partial charge >= 0.3 is 0 Å². The number of alkyl halides is 1. The minimum Gasteiger partial charge on any atom is -0.192 e. The van der Waals surface area contributed by atoms with Crippen LogP contribution >= 0.6 is 50.1 Å². The lowest BCUT2D eigenvalue weighted by atomic mass is 10.1. The van der Waals surface area contributed by atoms with E-state index in [-0.39, 0.29) is 0 Å². The molecule has 0 unspecified atom stereocenters. The van der Waals surface area contributed by atoms with Crippen LogP contribution in [0.25, 0.3) is 0 Å². The summed E-state index contributed by atoms with van der Waals surface area (Å²) in [6, 6.07) is 5.88. The van der Waals surface area contributed by atoms with Gasteiger partial charge in [0, 0.05) is 8.90 Å². The third-order valence-corrected chi connectivity index (χ3v) is 3.36. The molecule has 0 aliphatic heterocycles. The molecule has 1 nitrogen and oxygen atoms in total. The summed E-state index contributed by atoms with van der Waals surface area (Å²) >= 11 is 11.4. The van der Waals surface area contributed by atoms with Gasteiger partial charge in [-0.25, -0.2) is 0 Å². The lowest BCUT2D eigenvalue weighted by molar-refractivity contribution is 1.38. The van der Waals surface area contributed by atoms with Gasteiger partial charge in [0.15, 0.2) is 0 Å². The standard InChI is InChI=1S/C8H4BrClIN/c9-3-5-1-2-7(11)6(4-12)8(5)10/h1-2H,3H2. The number of nitriles is 1. The molecule has 0 spiro atoms. The highest BCUT2D eigenvalue weighted by Crippen LogP contribution is 2.26. The maximum Gasteiger partial charge on any atom is 0.102 e. The van der Waals surface area contributed by atoms with Crippen molar-refractivity contribution in [2.24, 2.45) is 0 Å². The van der Waals surface area contributed by atoms with Gasteiger partial charge in [0.05, 0.1) is 10.6 Å². The summed E-state index contributed by atoms with van der Waals surface area (Å²) in [6.45, 7) is 0. The Morgan fingerprint density at radius 1 is 1.58 bits per heavy atom. The van der Waals surface area contributed by atoms with Crippen LogP contribution in [0.3, 0.4) is 0 Å². The van der Waals surface area contributed by atoms with Crippen LogP contribution in [0.4, 0.5) is 0 Å². The Kier molecular flexibility index (Phi) is 3.81. The fraction of sp³-hybridized carbons (Fsp3) is 0.125. The first-order valence-corrected chi connectivity index (χ1v) is 5.71. The Morgan fingerprint density at radius 2 is 2.25 bits per heavy atom. The second-order valence-electron chi connectivity index (χ2n) is 2.14. The zero-order chi connectivity index (χ0) is 9.14. The second-order valence-corrected chi connectivity index (χ2v) is 4.24. The minimum atomic E-state index is 0.557. The Labute approximate surface area is 98.0 Å². The van der Waals surface area contributed by atoms with E-state index in [0.717, 1.165) is 9.13 Å². The van der Waals surface area contributed by atoms with Gasteiger partial charge in [-0.1, -0.05) is 33.6 Å². The van der Waals surface area contributed by atoms with Crippen molar-refractivity contribution in [1.29, 1.82) is 5.26 Å². The third kappa shape index (κ3) is 1.93. The number of rotatable bonds is 1. The average Bonchev–Trinajstić information content (AvgIpc) is 2.06. The molecule has 1 aromatic rings. The first-order chi connectivity index (χ1) is 5.70. The number of halogens is 3. The monoisotopic (exact) mass is 355 g/mol. The van der Waals surface area contributed by atoms with Gasteiger partial charge in [-0.15, -0.1) is 0 Å². The van der Waals surface area contributed by atoms with Crippen molar-refractivity contribution in [2.75, 3.05) is 0 Å². The summed E-state index contributed by atoms with van der Waals surface area (Å²) in [5.41, 5.74) is 1.52. The lowest BCUT2D eigenvalue weighted by Gasteiger charge is -2.02. The van der Waals surface area contributed by atoms with Crippen molar-refractivity contribution < 1.29 is 0 Å². The highest BCUT2D eigenvalue weighted by Gasteiger charge is 2.08. The van der Waals surface area contributed by atoms with Crippen molar-refractivity contribution >= 4 is 50.1 Å². The maximum absolute atomic E-state index is 8.76. The minimum absolute atomic E-state index is 0.557. The molecule has 0 saturated carbocycles. The molecule has 0 aliphatic carbocycles. The predicted octanol–water partition coefficient (Wildman–Crippen LogP) is 3.71. The number of hydrogen-bond donors (Lipinski definition) is 0. The van der Waals surface area contributed by atoms with Crippen molar-refractivity contribution in [2.45, 2.75) is 5.33 Å². The molecule has 12 heavy (non-hydrogen) atoms. The van der Waals surface area contributed by atoms with Gasteiger partial charge in [-0.05, 0) is 34.2 Å². The van der Waals surface area contributed by atoms with E-state index in [9.17, 15) is 0 Å². The molecule has 0 aliphatic rings. The number of nitrogens with zero attached hydrogens (tertiary/aromatic N) is 1. The average molecular weight is 356 g/mol. The van der Waals surface area contributed by atoms with Gasteiger partial charge in [0.1, 0.15) is 6.07 Å². The Morgan fingerprint density at radius 3 is 2.75 bits per heavy atom. The van der Waals surface area contributed by atoms with Crippen molar-refractivity contribution in [3.8, 4) is 6.07 Å². The van der Waals surface area contributed by atoms with E-state index in [1.807, 2.05) is 12.1 Å². The molecule has 0 saturated heterocycles. The normalized spacial score (nSPS) is 9.50. The summed E-state index contributed by atoms with van der Waals surface area (Å²) in [5, 5.41) is 10.00. The maximum atomic E-state index is 8.76. The van der Waals surface area contributed by atoms with Gasteiger partial charge in [-0.2, -0.15) is 5.26 Å². The van der Waals surface area contributed by atoms with Gasteiger partial charge < -0.3 is 0 Å². The lowest BCUT2D eigenvalue weighted by Crippen LogP contribution is -1.88. The molecule has 0 heterocycles. The molecule has 1 rings (SSSR count). The molecule has 0 bridgehead atoms. The van der Waals surface area contributed by atoms with Crippen LogP contribution in [0.5, 0.6) is 0 Å². The fourth-order valence-corrected chi connectivity index (χ4v) is 2.43. The summed E-state index contributed by atoms with van der Waals surface area (Å²) in [5.74, 6) is 0. The van der Waals surface area contributed by atoms with E-state index in [1.165, 1.54) is 0 Å². The molecular formula is C8H4BrClIN. The van der Waals surface area contributed by atoms with Crippen molar-refractivity contribution in [3.05, 3.63) is 31.9 Å². The highest BCUT2D eigenvalue weighted by atomic mass is 127. The SMILES string of the molecule is N#Cc1c(I)ccc(CBr)c1Cl. The Hall–Kier alpha value is 0.210. The first kappa shape index (κ1) is 10.3. The molecule has 0 N–H and O–H groups in total. The molecular weight excluding hydrogens is 352 g/mol. The van der Waals surface area contributed by atoms with Crippen LogP contribution < -0.4 is 0 Å². The van der Waals surface area contributed by atoms with Crippen LogP contribution in [0.1, 0.15) is 11.1 Å². The fourth-order valence-electron chi connectivity index (χ4n) is 0.801.